The van der Waals surface area contributed by atoms with E-state index in [1.165, 1.54) is 0 Å². The van der Waals surface area contributed by atoms with Crippen molar-refractivity contribution in [2.45, 2.75) is 11.8 Å². The molecule has 0 N–H and O–H groups in total. The summed E-state index contributed by atoms with van der Waals surface area (Å²) in [6, 6.07) is 3.67. The maximum atomic E-state index is 12.3. The molecule has 0 bridgehead atoms. The van der Waals surface area contributed by atoms with Crippen molar-refractivity contribution in [2.24, 2.45) is 0 Å². The number of nitrogens with zero attached hydrogens (tertiary/aromatic N) is 2. The molecule has 2 rings (SSSR count). The predicted molar refractivity (Wildman–Crippen MR) is 96.2 cm³/mol. The van der Waals surface area contributed by atoms with Gasteiger partial charge >= 0.3 is 0 Å². The number of carbonyl (C=O) groups is 1. The fourth-order valence-corrected chi connectivity index (χ4v) is 4.04. The molecular weight excluding hydrogens is 328 g/mol. The van der Waals surface area contributed by atoms with E-state index in [9.17, 15) is 4.79 Å². The van der Waals surface area contributed by atoms with Gasteiger partial charge < -0.3 is 24.0 Å². The molecule has 1 saturated heterocycles. The summed E-state index contributed by atoms with van der Waals surface area (Å²) in [6.07, 6.45) is 0.927. The van der Waals surface area contributed by atoms with Gasteiger partial charge in [0.15, 0.2) is 0 Å². The van der Waals surface area contributed by atoms with E-state index in [0.29, 0.717) is 29.5 Å². The molecule has 7 heteroatoms. The molecule has 1 heterocycles. The van der Waals surface area contributed by atoms with Crippen LogP contribution in [0.2, 0.25) is 0 Å². The van der Waals surface area contributed by atoms with Crippen LogP contribution in [0.5, 0.6) is 17.2 Å². The molecule has 0 radical (unpaired) electrons. The zero-order valence-electron chi connectivity index (χ0n) is 15.0. The number of ether oxygens (including phenoxy) is 3. The van der Waals surface area contributed by atoms with Crippen LogP contribution in [0.1, 0.15) is 17.4 Å². The monoisotopic (exact) mass is 354 g/mol. The zero-order valence-corrected chi connectivity index (χ0v) is 15.8. The molecule has 0 aromatic heterocycles. The van der Waals surface area contributed by atoms with Crippen molar-refractivity contribution in [2.75, 3.05) is 54.3 Å². The molecule has 0 saturated carbocycles. The van der Waals surface area contributed by atoms with Gasteiger partial charge in [-0.3, -0.25) is 4.79 Å². The summed E-state index contributed by atoms with van der Waals surface area (Å²) in [4.78, 5) is 16.4. The van der Waals surface area contributed by atoms with Gasteiger partial charge in [-0.25, -0.2) is 0 Å². The molecule has 1 aliphatic rings. The summed E-state index contributed by atoms with van der Waals surface area (Å²) in [5.41, 5.74) is 0.890. The number of hydrogen-bond acceptors (Lipinski definition) is 6. The Labute approximate surface area is 148 Å². The fraction of sp³-hybridized carbons (Fsp3) is 0.588. The molecule has 1 aliphatic heterocycles. The van der Waals surface area contributed by atoms with Gasteiger partial charge in [0, 0.05) is 18.7 Å². The summed E-state index contributed by atoms with van der Waals surface area (Å²) in [7, 11) is 8.92. The minimum absolute atomic E-state index is 0.101. The van der Waals surface area contributed by atoms with Crippen LogP contribution in [0.25, 0.3) is 0 Å². The van der Waals surface area contributed by atoms with Gasteiger partial charge in [0.2, 0.25) is 5.91 Å². The standard InChI is InChI=1S/C17H26N2O4S/c1-18(2)7-6-8-19-15(20)11-24-17(19)16-13(22-4)9-12(21-3)10-14(16)23-5/h9-10,17H,6-8,11H2,1-5H3. The van der Waals surface area contributed by atoms with Gasteiger partial charge in [0.1, 0.15) is 22.6 Å². The van der Waals surface area contributed by atoms with Crippen LogP contribution in [0.3, 0.4) is 0 Å². The Balaban J connectivity index is 2.32. The lowest BCUT2D eigenvalue weighted by Crippen LogP contribution is -2.31. The third-order valence-corrected chi connectivity index (χ3v) is 5.19. The van der Waals surface area contributed by atoms with Crippen molar-refractivity contribution in [3.63, 3.8) is 0 Å². The Morgan fingerprint density at radius 1 is 1.17 bits per heavy atom. The number of methoxy groups -OCH3 is 3. The second kappa shape index (κ2) is 8.48. The van der Waals surface area contributed by atoms with Gasteiger partial charge in [0.05, 0.1) is 32.6 Å². The molecule has 134 valence electrons. The van der Waals surface area contributed by atoms with E-state index in [1.807, 2.05) is 31.1 Å². The molecule has 0 aliphatic carbocycles. The molecule has 1 unspecified atom stereocenters. The van der Waals surface area contributed by atoms with Crippen LogP contribution in [0, 0.1) is 0 Å². The average molecular weight is 354 g/mol. The van der Waals surface area contributed by atoms with Crippen LogP contribution >= 0.6 is 11.8 Å². The first-order valence-corrected chi connectivity index (χ1v) is 8.92. The lowest BCUT2D eigenvalue weighted by atomic mass is 10.1. The number of carbonyl (C=O) groups excluding carboxylic acids is 1. The smallest absolute Gasteiger partial charge is 0.233 e. The van der Waals surface area contributed by atoms with Crippen LogP contribution in [0.15, 0.2) is 12.1 Å². The van der Waals surface area contributed by atoms with Gasteiger partial charge in [-0.2, -0.15) is 0 Å². The van der Waals surface area contributed by atoms with Crippen LogP contribution in [-0.2, 0) is 4.79 Å². The van der Waals surface area contributed by atoms with E-state index in [-0.39, 0.29) is 11.3 Å². The van der Waals surface area contributed by atoms with Crippen LogP contribution < -0.4 is 14.2 Å². The second-order valence-corrected chi connectivity index (χ2v) is 6.92. The zero-order chi connectivity index (χ0) is 17.7. The highest BCUT2D eigenvalue weighted by Crippen LogP contribution is 2.48. The largest absolute Gasteiger partial charge is 0.496 e. The Bertz CT molecular complexity index is 555. The predicted octanol–water partition coefficient (Wildman–Crippen LogP) is 2.24. The SMILES string of the molecule is COc1cc(OC)c(C2SCC(=O)N2CCCN(C)C)c(OC)c1. The quantitative estimate of drug-likeness (QED) is 0.714. The minimum atomic E-state index is -0.101. The maximum absolute atomic E-state index is 12.3. The first-order chi connectivity index (χ1) is 11.5. The molecule has 0 spiro atoms. The van der Waals surface area contributed by atoms with E-state index in [0.717, 1.165) is 18.5 Å². The highest BCUT2D eigenvalue weighted by atomic mass is 32.2. The molecule has 24 heavy (non-hydrogen) atoms. The third-order valence-electron chi connectivity index (χ3n) is 3.97. The summed E-state index contributed by atoms with van der Waals surface area (Å²) >= 11 is 1.61. The summed E-state index contributed by atoms with van der Waals surface area (Å²) in [5.74, 6) is 2.65. The first-order valence-electron chi connectivity index (χ1n) is 7.87. The van der Waals surface area contributed by atoms with Crippen molar-refractivity contribution in [3.05, 3.63) is 17.7 Å². The number of rotatable bonds is 8. The molecule has 1 fully saturated rings. The summed E-state index contributed by atoms with van der Waals surface area (Å²) in [5, 5.41) is -0.101. The Morgan fingerprint density at radius 3 is 2.29 bits per heavy atom. The first kappa shape index (κ1) is 18.7. The lowest BCUT2D eigenvalue weighted by Gasteiger charge is -2.27. The van der Waals surface area contributed by atoms with E-state index in [2.05, 4.69) is 4.90 Å². The van der Waals surface area contributed by atoms with Gasteiger partial charge in [-0.15, -0.1) is 11.8 Å². The van der Waals surface area contributed by atoms with Gasteiger partial charge in [0.25, 0.3) is 0 Å². The van der Waals surface area contributed by atoms with Crippen molar-refractivity contribution in [1.82, 2.24) is 9.80 Å². The number of benzene rings is 1. The Hall–Kier alpha value is -1.60. The highest BCUT2D eigenvalue weighted by Gasteiger charge is 2.36. The molecule has 1 amide bonds. The maximum Gasteiger partial charge on any atom is 0.233 e. The third kappa shape index (κ3) is 4.08. The van der Waals surface area contributed by atoms with Crippen LogP contribution in [-0.4, -0.2) is 70.0 Å². The van der Waals surface area contributed by atoms with Crippen LogP contribution in [0.4, 0.5) is 0 Å². The molecule has 1 aromatic rings. The van der Waals surface area contributed by atoms with Crippen molar-refractivity contribution >= 4 is 17.7 Å². The van der Waals surface area contributed by atoms with E-state index >= 15 is 0 Å². The summed E-state index contributed by atoms with van der Waals surface area (Å²) < 4.78 is 16.4. The normalized spacial score (nSPS) is 17.5. The number of amides is 1. The number of hydrogen-bond donors (Lipinski definition) is 0. The van der Waals surface area contributed by atoms with Crippen molar-refractivity contribution in [3.8, 4) is 17.2 Å². The second-order valence-electron chi connectivity index (χ2n) is 5.85. The topological polar surface area (TPSA) is 51.2 Å². The van der Waals surface area contributed by atoms with Gasteiger partial charge in [-0.05, 0) is 27.1 Å². The molecule has 6 nitrogen and oxygen atoms in total. The van der Waals surface area contributed by atoms with E-state index < -0.39 is 0 Å². The van der Waals surface area contributed by atoms with Crippen molar-refractivity contribution in [1.29, 1.82) is 0 Å². The molecular formula is C17H26N2O4S. The number of thioether (sulfide) groups is 1. The summed E-state index contributed by atoms with van der Waals surface area (Å²) in [6.45, 7) is 1.66. The van der Waals surface area contributed by atoms with E-state index in [1.54, 1.807) is 33.1 Å². The Kier molecular flexibility index (Phi) is 6.62. The molecule has 1 aromatic carbocycles. The lowest BCUT2D eigenvalue weighted by molar-refractivity contribution is -0.128. The highest BCUT2D eigenvalue weighted by molar-refractivity contribution is 8.00. The average Bonchev–Trinajstić information content (AvgIpc) is 2.93. The fourth-order valence-electron chi connectivity index (χ4n) is 2.77. The van der Waals surface area contributed by atoms with Gasteiger partial charge in [-0.1, -0.05) is 0 Å². The minimum Gasteiger partial charge on any atom is -0.496 e. The van der Waals surface area contributed by atoms with Crippen molar-refractivity contribution < 1.29 is 19.0 Å². The Morgan fingerprint density at radius 2 is 1.79 bits per heavy atom. The van der Waals surface area contributed by atoms with E-state index in [4.69, 9.17) is 14.2 Å². The molecule has 1 atom stereocenters.